The number of hydrogen-bond acceptors (Lipinski definition) is 6. The van der Waals surface area contributed by atoms with Crippen LogP contribution < -0.4 is 15.9 Å². The fraction of sp³-hybridized carbons (Fsp3) is 0.227. The van der Waals surface area contributed by atoms with Crippen LogP contribution >= 0.6 is 0 Å². The van der Waals surface area contributed by atoms with Crippen LogP contribution in [0.4, 0.5) is 24.7 Å². The summed E-state index contributed by atoms with van der Waals surface area (Å²) in [5.74, 6) is -0.346. The second kappa shape index (κ2) is 8.85. The minimum absolute atomic E-state index is 0.133. The van der Waals surface area contributed by atoms with E-state index in [9.17, 15) is 22.8 Å². The summed E-state index contributed by atoms with van der Waals surface area (Å²) in [5, 5.41) is 7.63. The van der Waals surface area contributed by atoms with Crippen molar-refractivity contribution in [2.24, 2.45) is 5.10 Å². The number of nitrogens with zero attached hydrogens (tertiary/aromatic N) is 5. The number of rotatable bonds is 5. The van der Waals surface area contributed by atoms with E-state index in [2.05, 4.69) is 20.4 Å². The zero-order valence-electron chi connectivity index (χ0n) is 17.5. The number of aromatic nitrogens is 3. The molecule has 8 nitrogen and oxygen atoms in total. The van der Waals surface area contributed by atoms with Gasteiger partial charge in [-0.05, 0) is 31.2 Å². The molecule has 0 bridgehead atoms. The molecule has 4 heterocycles. The monoisotopic (exact) mass is 456 g/mol. The molecule has 33 heavy (non-hydrogen) atoms. The van der Waals surface area contributed by atoms with Gasteiger partial charge < -0.3 is 9.88 Å². The third-order valence-electron chi connectivity index (χ3n) is 5.12. The van der Waals surface area contributed by atoms with E-state index in [4.69, 9.17) is 0 Å². The lowest BCUT2D eigenvalue weighted by Gasteiger charge is -2.25. The second-order valence-electron chi connectivity index (χ2n) is 7.29. The number of hydrazone groups is 1. The Morgan fingerprint density at radius 1 is 1.18 bits per heavy atom. The van der Waals surface area contributed by atoms with E-state index in [-0.39, 0.29) is 34.8 Å². The third-order valence-corrected chi connectivity index (χ3v) is 5.12. The Morgan fingerprint density at radius 2 is 2.00 bits per heavy atom. The Balaban J connectivity index is 1.55. The molecule has 0 radical (unpaired) electrons. The first kappa shape index (κ1) is 22.2. The fourth-order valence-corrected chi connectivity index (χ4v) is 3.41. The number of carbonyl (C=O) groups is 1. The van der Waals surface area contributed by atoms with Crippen molar-refractivity contribution in [2.45, 2.75) is 32.1 Å². The van der Waals surface area contributed by atoms with Gasteiger partial charge in [-0.1, -0.05) is 6.07 Å². The van der Waals surface area contributed by atoms with Gasteiger partial charge in [0.2, 0.25) is 0 Å². The molecule has 0 spiro atoms. The number of nitrogens with one attached hydrogen (secondary N) is 1. The third kappa shape index (κ3) is 4.76. The molecular formula is C22H19F3N6O2. The average molecular weight is 456 g/mol. The van der Waals surface area contributed by atoms with Crippen molar-refractivity contribution in [2.75, 3.05) is 10.3 Å². The molecule has 1 atom stereocenters. The molecule has 1 amide bonds. The minimum atomic E-state index is -4.51. The van der Waals surface area contributed by atoms with Gasteiger partial charge in [0.15, 0.2) is 6.04 Å². The Hall–Kier alpha value is -4.02. The fourth-order valence-electron chi connectivity index (χ4n) is 3.41. The maximum absolute atomic E-state index is 13.7. The lowest BCUT2D eigenvalue weighted by Crippen LogP contribution is -2.40. The summed E-state index contributed by atoms with van der Waals surface area (Å²) in [4.78, 5) is 32.2. The van der Waals surface area contributed by atoms with Gasteiger partial charge in [-0.2, -0.15) is 18.3 Å². The molecule has 0 saturated carbocycles. The highest BCUT2D eigenvalue weighted by molar-refractivity contribution is 6.04. The first-order valence-electron chi connectivity index (χ1n) is 10.1. The van der Waals surface area contributed by atoms with E-state index in [0.717, 1.165) is 5.01 Å². The zero-order chi connectivity index (χ0) is 23.6. The highest BCUT2D eigenvalue weighted by Gasteiger charge is 2.48. The Bertz CT molecular complexity index is 1240. The minimum Gasteiger partial charge on any atom is -0.315 e. The van der Waals surface area contributed by atoms with Crippen LogP contribution in [0.1, 0.15) is 29.3 Å². The first-order chi connectivity index (χ1) is 15.8. The highest BCUT2D eigenvalue weighted by atomic mass is 19.4. The normalized spacial score (nSPS) is 15.9. The molecule has 0 aliphatic carbocycles. The standard InChI is InChI=1S/C22H19F3N6O2/c1-2-30-13-15(5-8-20(30)32)21(33)28-19-7-6-16(12-27-19)31-18(22(23,24)25)10-17(29-31)14-4-3-9-26-11-14/h3-9,11-13,18H,2,10H2,1H3,(H,27,28,33). The lowest BCUT2D eigenvalue weighted by atomic mass is 10.1. The molecule has 1 aliphatic heterocycles. The summed E-state index contributed by atoms with van der Waals surface area (Å²) in [6.07, 6.45) is 0.819. The van der Waals surface area contributed by atoms with Crippen molar-refractivity contribution in [3.05, 3.63) is 82.7 Å². The second-order valence-corrected chi connectivity index (χ2v) is 7.29. The number of hydrogen-bond donors (Lipinski definition) is 1. The van der Waals surface area contributed by atoms with Crippen molar-refractivity contribution in [1.29, 1.82) is 0 Å². The number of amides is 1. The van der Waals surface area contributed by atoms with Crippen molar-refractivity contribution in [1.82, 2.24) is 14.5 Å². The average Bonchev–Trinajstić information content (AvgIpc) is 3.27. The summed E-state index contributed by atoms with van der Waals surface area (Å²) in [6, 6.07) is 6.93. The van der Waals surface area contributed by atoms with Crippen LogP contribution in [0.5, 0.6) is 0 Å². The van der Waals surface area contributed by atoms with Gasteiger partial charge in [-0.15, -0.1) is 0 Å². The van der Waals surface area contributed by atoms with E-state index in [0.29, 0.717) is 12.1 Å². The van der Waals surface area contributed by atoms with E-state index < -0.39 is 18.1 Å². The van der Waals surface area contributed by atoms with Crippen molar-refractivity contribution < 1.29 is 18.0 Å². The molecule has 3 aromatic heterocycles. The maximum atomic E-state index is 13.7. The van der Waals surface area contributed by atoms with Crippen LogP contribution in [-0.4, -0.2) is 38.4 Å². The topological polar surface area (TPSA) is 92.5 Å². The number of aryl methyl sites for hydroxylation is 1. The highest BCUT2D eigenvalue weighted by Crippen LogP contribution is 2.36. The lowest BCUT2D eigenvalue weighted by molar-refractivity contribution is -0.145. The van der Waals surface area contributed by atoms with Gasteiger partial charge in [0, 0.05) is 43.2 Å². The van der Waals surface area contributed by atoms with E-state index >= 15 is 0 Å². The predicted molar refractivity (Wildman–Crippen MR) is 116 cm³/mol. The van der Waals surface area contributed by atoms with Crippen LogP contribution in [0.3, 0.4) is 0 Å². The van der Waals surface area contributed by atoms with Crippen LogP contribution in [0.2, 0.25) is 0 Å². The van der Waals surface area contributed by atoms with E-state index in [1.54, 1.807) is 19.1 Å². The SMILES string of the molecule is CCn1cc(C(=O)Nc2ccc(N3N=C(c4cccnc4)CC3C(F)(F)F)cn2)ccc1=O. The molecule has 0 fully saturated rings. The summed E-state index contributed by atoms with van der Waals surface area (Å²) in [7, 11) is 0. The molecule has 170 valence electrons. The van der Waals surface area contributed by atoms with Crippen LogP contribution in [-0.2, 0) is 6.54 Å². The zero-order valence-corrected chi connectivity index (χ0v) is 17.5. The molecule has 1 unspecified atom stereocenters. The molecule has 3 aromatic rings. The summed E-state index contributed by atoms with van der Waals surface area (Å²) in [6.45, 7) is 2.18. The van der Waals surface area contributed by atoms with Gasteiger partial charge >= 0.3 is 6.18 Å². The van der Waals surface area contributed by atoms with Crippen LogP contribution in [0.25, 0.3) is 0 Å². The van der Waals surface area contributed by atoms with Crippen molar-refractivity contribution in [3.63, 3.8) is 0 Å². The number of pyridine rings is 3. The molecule has 4 rings (SSSR count). The molecule has 11 heteroatoms. The quantitative estimate of drug-likeness (QED) is 0.635. The number of alkyl halides is 3. The summed E-state index contributed by atoms with van der Waals surface area (Å²) < 4.78 is 42.4. The van der Waals surface area contributed by atoms with Gasteiger partial charge in [-0.25, -0.2) is 4.98 Å². The summed E-state index contributed by atoms with van der Waals surface area (Å²) in [5.41, 5.74) is 0.944. The van der Waals surface area contributed by atoms with Crippen molar-refractivity contribution in [3.8, 4) is 0 Å². The Labute approximate surface area is 186 Å². The molecule has 0 saturated heterocycles. The smallest absolute Gasteiger partial charge is 0.315 e. The van der Waals surface area contributed by atoms with Gasteiger partial charge in [-0.3, -0.25) is 19.6 Å². The van der Waals surface area contributed by atoms with Gasteiger partial charge in [0.1, 0.15) is 5.82 Å². The van der Waals surface area contributed by atoms with Crippen LogP contribution in [0, 0.1) is 0 Å². The molecule has 0 aromatic carbocycles. The van der Waals surface area contributed by atoms with Gasteiger partial charge in [0.25, 0.3) is 11.5 Å². The number of halogens is 3. The molecule has 1 aliphatic rings. The summed E-state index contributed by atoms with van der Waals surface area (Å²) >= 11 is 0. The van der Waals surface area contributed by atoms with E-state index in [1.807, 2.05) is 0 Å². The Kier molecular flexibility index (Phi) is 5.95. The first-order valence-corrected chi connectivity index (χ1v) is 10.1. The predicted octanol–water partition coefficient (Wildman–Crippen LogP) is 3.46. The largest absolute Gasteiger partial charge is 0.411 e. The van der Waals surface area contributed by atoms with Crippen molar-refractivity contribution >= 4 is 23.1 Å². The van der Waals surface area contributed by atoms with Gasteiger partial charge in [0.05, 0.1) is 23.2 Å². The van der Waals surface area contributed by atoms with E-state index in [1.165, 1.54) is 53.6 Å². The Morgan fingerprint density at radius 3 is 2.64 bits per heavy atom. The molecule has 1 N–H and O–H groups in total. The molecular weight excluding hydrogens is 437 g/mol. The number of anilines is 2. The van der Waals surface area contributed by atoms with Crippen LogP contribution in [0.15, 0.2) is 71.1 Å². The maximum Gasteiger partial charge on any atom is 0.411 e. The number of carbonyl (C=O) groups excluding carboxylic acids is 1.